The van der Waals surface area contributed by atoms with Crippen LogP contribution in [0.3, 0.4) is 0 Å². The van der Waals surface area contributed by atoms with Crippen LogP contribution in [0.1, 0.15) is 0 Å². The van der Waals surface area contributed by atoms with Gasteiger partial charge in [-0.1, -0.05) is 0 Å². The highest BCUT2D eigenvalue weighted by molar-refractivity contribution is 7.89. The summed E-state index contributed by atoms with van der Waals surface area (Å²) in [7, 11) is -4.18. The quantitative estimate of drug-likeness (QED) is 0.777. The van der Waals surface area contributed by atoms with E-state index in [9.17, 15) is 21.6 Å². The lowest BCUT2D eigenvalue weighted by molar-refractivity contribution is -0.200. The number of aliphatic hydroxyl groups excluding tert-OH is 1. The van der Waals surface area contributed by atoms with Crippen molar-refractivity contribution in [3.63, 3.8) is 0 Å². The first-order chi connectivity index (χ1) is 9.22. The monoisotopic (exact) mass is 309 g/mol. The minimum Gasteiger partial charge on any atom is -0.382 e. The van der Waals surface area contributed by atoms with E-state index in [0.29, 0.717) is 5.65 Å². The van der Waals surface area contributed by atoms with Crippen LogP contribution in [0.15, 0.2) is 29.4 Å². The molecule has 6 nitrogen and oxygen atoms in total. The Morgan fingerprint density at radius 2 is 2.15 bits per heavy atom. The largest absolute Gasteiger partial charge is 0.415 e. The molecule has 0 radical (unpaired) electrons. The van der Waals surface area contributed by atoms with Crippen LogP contribution in [-0.2, 0) is 10.0 Å². The molecule has 0 saturated carbocycles. The van der Waals surface area contributed by atoms with Crippen molar-refractivity contribution in [3.05, 3.63) is 24.5 Å². The lowest BCUT2D eigenvalue weighted by atomic mass is 10.3. The van der Waals surface area contributed by atoms with Gasteiger partial charge in [-0.05, 0) is 12.1 Å². The van der Waals surface area contributed by atoms with Gasteiger partial charge >= 0.3 is 6.18 Å². The lowest BCUT2D eigenvalue weighted by Crippen LogP contribution is -2.40. The summed E-state index contributed by atoms with van der Waals surface area (Å²) in [5.74, 6) is 0. The molecule has 20 heavy (non-hydrogen) atoms. The van der Waals surface area contributed by atoms with Gasteiger partial charge in [0.1, 0.15) is 10.5 Å². The van der Waals surface area contributed by atoms with E-state index in [2.05, 4.69) is 9.97 Å². The molecule has 1 atom stereocenters. The number of nitrogens with one attached hydrogen (secondary N) is 2. The first kappa shape index (κ1) is 14.8. The zero-order chi connectivity index (χ0) is 15.0. The molecule has 10 heteroatoms. The van der Waals surface area contributed by atoms with Crippen LogP contribution in [0.5, 0.6) is 0 Å². The fourth-order valence-electron chi connectivity index (χ4n) is 1.54. The molecule has 0 saturated heterocycles. The van der Waals surface area contributed by atoms with Crippen molar-refractivity contribution in [1.82, 2.24) is 14.7 Å². The van der Waals surface area contributed by atoms with Crippen LogP contribution >= 0.6 is 0 Å². The van der Waals surface area contributed by atoms with Gasteiger partial charge < -0.3 is 10.1 Å². The summed E-state index contributed by atoms with van der Waals surface area (Å²) in [5.41, 5.74) is 0.296. The Bertz CT molecular complexity index is 711. The van der Waals surface area contributed by atoms with E-state index < -0.39 is 28.8 Å². The number of aromatic nitrogens is 2. The number of H-pyrrole nitrogens is 1. The Kier molecular flexibility index (Phi) is 3.71. The average molecular weight is 309 g/mol. The maximum Gasteiger partial charge on any atom is 0.415 e. The summed E-state index contributed by atoms with van der Waals surface area (Å²) in [5, 5.41) is 9.04. The normalized spacial score (nSPS) is 14.6. The number of pyridine rings is 1. The third kappa shape index (κ3) is 2.92. The zero-order valence-electron chi connectivity index (χ0n) is 9.85. The summed E-state index contributed by atoms with van der Waals surface area (Å²) < 4.78 is 61.9. The molecule has 0 aliphatic rings. The molecule has 0 bridgehead atoms. The standard InChI is InChI=1S/C10H10F3N3O3S/c11-10(12,13)8(17)5-16-20(18,19)7-4-15-9-6(7)2-1-3-14-9/h1-4,8,16-17H,5H2,(H,14,15). The molecule has 0 spiro atoms. The smallest absolute Gasteiger partial charge is 0.382 e. The van der Waals surface area contributed by atoms with Crippen LogP contribution < -0.4 is 4.72 Å². The van der Waals surface area contributed by atoms with Gasteiger partial charge in [-0.2, -0.15) is 13.2 Å². The number of rotatable bonds is 4. The molecular weight excluding hydrogens is 299 g/mol. The molecule has 0 amide bonds. The SMILES string of the molecule is O=S(=O)(NCC(O)C(F)(F)F)c1c[nH]c2ncccc12. The molecule has 3 N–H and O–H groups in total. The molecular formula is C10H10F3N3O3S. The van der Waals surface area contributed by atoms with Crippen molar-refractivity contribution >= 4 is 21.1 Å². The van der Waals surface area contributed by atoms with Gasteiger partial charge in [0.15, 0.2) is 6.10 Å². The molecule has 0 aromatic carbocycles. The predicted molar refractivity (Wildman–Crippen MR) is 63.3 cm³/mol. The first-order valence-corrected chi connectivity index (χ1v) is 6.86. The second-order valence-corrected chi connectivity index (χ2v) is 5.70. The zero-order valence-corrected chi connectivity index (χ0v) is 10.7. The summed E-state index contributed by atoms with van der Waals surface area (Å²) in [6.07, 6.45) is -5.08. The van der Waals surface area contributed by atoms with Crippen LogP contribution in [0.4, 0.5) is 13.2 Å². The fraction of sp³-hybridized carbons (Fsp3) is 0.300. The third-order valence-electron chi connectivity index (χ3n) is 2.55. The Hall–Kier alpha value is -1.65. The van der Waals surface area contributed by atoms with Crippen LogP contribution in [0, 0.1) is 0 Å². The molecule has 2 heterocycles. The van der Waals surface area contributed by atoms with E-state index in [0.717, 1.165) is 6.20 Å². The fourth-order valence-corrected chi connectivity index (χ4v) is 2.74. The molecule has 0 aliphatic heterocycles. The Morgan fingerprint density at radius 1 is 1.45 bits per heavy atom. The van der Waals surface area contributed by atoms with E-state index in [1.54, 1.807) is 4.72 Å². The Labute approximate surface area is 111 Å². The maximum absolute atomic E-state index is 12.1. The number of aliphatic hydroxyl groups is 1. The molecule has 0 aliphatic carbocycles. The number of aromatic amines is 1. The summed E-state index contributed by atoms with van der Waals surface area (Å²) in [4.78, 5) is 6.24. The lowest BCUT2D eigenvalue weighted by Gasteiger charge is -2.14. The number of hydrogen-bond donors (Lipinski definition) is 3. The van der Waals surface area contributed by atoms with Crippen molar-refractivity contribution in [3.8, 4) is 0 Å². The minimum absolute atomic E-state index is 0.227. The Morgan fingerprint density at radius 3 is 2.80 bits per heavy atom. The van der Waals surface area contributed by atoms with Gasteiger partial charge in [-0.3, -0.25) is 0 Å². The van der Waals surface area contributed by atoms with Gasteiger partial charge in [0.2, 0.25) is 10.0 Å². The number of hydrogen-bond acceptors (Lipinski definition) is 4. The van der Waals surface area contributed by atoms with Crippen molar-refractivity contribution in [1.29, 1.82) is 0 Å². The molecule has 2 aromatic rings. The molecule has 2 rings (SSSR count). The summed E-state index contributed by atoms with van der Waals surface area (Å²) >= 11 is 0. The second-order valence-electron chi connectivity index (χ2n) is 3.96. The van der Waals surface area contributed by atoms with Gasteiger partial charge in [-0.25, -0.2) is 18.1 Å². The van der Waals surface area contributed by atoms with Gasteiger partial charge in [0, 0.05) is 24.3 Å². The highest BCUT2D eigenvalue weighted by Gasteiger charge is 2.38. The van der Waals surface area contributed by atoms with E-state index in [1.165, 1.54) is 18.3 Å². The highest BCUT2D eigenvalue weighted by atomic mass is 32.2. The van der Waals surface area contributed by atoms with Crippen molar-refractivity contribution in [2.75, 3.05) is 6.54 Å². The highest BCUT2D eigenvalue weighted by Crippen LogP contribution is 2.22. The number of fused-ring (bicyclic) bond motifs is 1. The third-order valence-corrected chi connectivity index (χ3v) is 4.01. The minimum atomic E-state index is -4.88. The average Bonchev–Trinajstić information content (AvgIpc) is 2.79. The maximum atomic E-state index is 12.1. The summed E-state index contributed by atoms with van der Waals surface area (Å²) in [6.45, 7) is -1.15. The number of halogens is 3. The van der Waals surface area contributed by atoms with Crippen molar-refractivity contribution in [2.24, 2.45) is 0 Å². The predicted octanol–water partition coefficient (Wildman–Crippen LogP) is 0.764. The van der Waals surface area contributed by atoms with Crippen molar-refractivity contribution in [2.45, 2.75) is 17.2 Å². The van der Waals surface area contributed by atoms with Crippen molar-refractivity contribution < 1.29 is 26.7 Å². The number of alkyl halides is 3. The van der Waals surface area contributed by atoms with Gasteiger partial charge in [0.25, 0.3) is 0 Å². The Balaban J connectivity index is 2.23. The molecule has 2 aromatic heterocycles. The van der Waals surface area contributed by atoms with E-state index in [-0.39, 0.29) is 10.3 Å². The number of nitrogens with zero attached hydrogens (tertiary/aromatic N) is 1. The topological polar surface area (TPSA) is 95.1 Å². The van der Waals surface area contributed by atoms with Gasteiger partial charge in [-0.15, -0.1) is 0 Å². The van der Waals surface area contributed by atoms with Crippen LogP contribution in [0.25, 0.3) is 11.0 Å². The second kappa shape index (κ2) is 5.04. The van der Waals surface area contributed by atoms with Crippen LogP contribution in [0.2, 0.25) is 0 Å². The van der Waals surface area contributed by atoms with E-state index in [1.807, 2.05) is 0 Å². The van der Waals surface area contributed by atoms with E-state index >= 15 is 0 Å². The molecule has 0 fully saturated rings. The summed E-state index contributed by atoms with van der Waals surface area (Å²) in [6, 6.07) is 2.97. The van der Waals surface area contributed by atoms with Gasteiger partial charge in [0.05, 0.1) is 0 Å². The molecule has 1 unspecified atom stereocenters. The molecule has 110 valence electrons. The first-order valence-electron chi connectivity index (χ1n) is 5.38. The van der Waals surface area contributed by atoms with E-state index in [4.69, 9.17) is 5.11 Å². The van der Waals surface area contributed by atoms with Crippen LogP contribution in [-0.4, -0.2) is 42.3 Å². The number of sulfonamides is 1.